The first-order valence-corrected chi connectivity index (χ1v) is 7.28. The maximum Gasteiger partial charge on any atom is 0.269 e. The molecule has 0 bridgehead atoms. The maximum atomic E-state index is 10.5. The van der Waals surface area contributed by atoms with Crippen LogP contribution in [-0.4, -0.2) is 16.7 Å². The zero-order valence-corrected chi connectivity index (χ0v) is 11.1. The maximum absolute atomic E-state index is 10.5. The molecule has 1 aliphatic carbocycles. The van der Waals surface area contributed by atoms with E-state index < -0.39 is 0 Å². The number of nitrogens with zero attached hydrogens (tertiary/aromatic N) is 1. The minimum Gasteiger partial charge on any atom is -0.327 e. The van der Waals surface area contributed by atoms with Crippen LogP contribution < -0.4 is 5.73 Å². The molecule has 2 rings (SSSR count). The third-order valence-electron chi connectivity index (χ3n) is 3.52. The first kappa shape index (κ1) is 13.4. The molecule has 2 N–H and O–H groups in total. The van der Waals surface area contributed by atoms with Crippen molar-refractivity contribution in [2.75, 3.05) is 5.75 Å². The van der Waals surface area contributed by atoms with Crippen molar-refractivity contribution < 1.29 is 4.92 Å². The average molecular weight is 266 g/mol. The van der Waals surface area contributed by atoms with Crippen LogP contribution in [0.4, 0.5) is 5.69 Å². The quantitative estimate of drug-likeness (QED) is 0.505. The molecule has 2 unspecified atom stereocenters. The summed E-state index contributed by atoms with van der Waals surface area (Å²) in [6.07, 6.45) is 4.81. The number of nitro groups is 1. The number of non-ortho nitro benzene ring substituents is 1. The van der Waals surface area contributed by atoms with E-state index in [4.69, 9.17) is 5.73 Å². The minimum atomic E-state index is -0.369. The van der Waals surface area contributed by atoms with E-state index in [0.29, 0.717) is 12.0 Å². The van der Waals surface area contributed by atoms with Crippen molar-refractivity contribution in [3.05, 3.63) is 34.4 Å². The van der Waals surface area contributed by atoms with E-state index in [0.717, 1.165) is 23.5 Å². The minimum absolute atomic E-state index is 0.150. The summed E-state index contributed by atoms with van der Waals surface area (Å²) in [6, 6.07) is 7.13. The van der Waals surface area contributed by atoms with Crippen LogP contribution in [-0.2, 0) is 0 Å². The topological polar surface area (TPSA) is 69.2 Å². The summed E-state index contributed by atoms with van der Waals surface area (Å²) in [4.78, 5) is 11.2. The highest BCUT2D eigenvalue weighted by Gasteiger charge is 2.23. The summed E-state index contributed by atoms with van der Waals surface area (Å²) >= 11 is 1.75. The smallest absolute Gasteiger partial charge is 0.269 e. The number of rotatable bonds is 5. The second-order valence-electron chi connectivity index (χ2n) is 4.74. The molecular formula is C13H18N2O2S. The zero-order valence-electron chi connectivity index (χ0n) is 10.2. The lowest BCUT2D eigenvalue weighted by atomic mass is 10.0. The standard InChI is InChI=1S/C13H18N2O2S/c14-13-3-1-2-10(13)8-9-18-12-6-4-11(5-7-12)15(16)17/h4-7,10,13H,1-3,8-9,14H2. The van der Waals surface area contributed by atoms with Crippen LogP contribution in [0.1, 0.15) is 25.7 Å². The van der Waals surface area contributed by atoms with Gasteiger partial charge in [0.15, 0.2) is 0 Å². The molecule has 0 saturated heterocycles. The Morgan fingerprint density at radius 1 is 1.33 bits per heavy atom. The molecule has 0 aliphatic heterocycles. The second-order valence-corrected chi connectivity index (χ2v) is 5.91. The fourth-order valence-electron chi connectivity index (χ4n) is 2.42. The van der Waals surface area contributed by atoms with Crippen LogP contribution in [0.3, 0.4) is 0 Å². The van der Waals surface area contributed by atoms with Crippen molar-refractivity contribution in [1.82, 2.24) is 0 Å². The van der Waals surface area contributed by atoms with Crippen LogP contribution in [0.15, 0.2) is 29.2 Å². The molecule has 1 aromatic rings. The van der Waals surface area contributed by atoms with Gasteiger partial charge < -0.3 is 5.73 Å². The van der Waals surface area contributed by atoms with Gasteiger partial charge in [-0.05, 0) is 43.1 Å². The Kier molecular flexibility index (Phi) is 4.60. The number of thioether (sulfide) groups is 1. The van der Waals surface area contributed by atoms with Crippen LogP contribution in [0, 0.1) is 16.0 Å². The molecule has 0 aromatic heterocycles. The van der Waals surface area contributed by atoms with Crippen LogP contribution in [0.5, 0.6) is 0 Å². The summed E-state index contributed by atoms with van der Waals surface area (Å²) < 4.78 is 0. The molecule has 5 heteroatoms. The third-order valence-corrected chi connectivity index (χ3v) is 4.57. The number of hydrogen-bond donors (Lipinski definition) is 1. The number of nitrogens with two attached hydrogens (primary N) is 1. The van der Waals surface area contributed by atoms with E-state index in [2.05, 4.69) is 0 Å². The Bertz CT molecular complexity index is 408. The lowest BCUT2D eigenvalue weighted by Crippen LogP contribution is -2.24. The van der Waals surface area contributed by atoms with Crippen LogP contribution in [0.2, 0.25) is 0 Å². The predicted octanol–water partition coefficient (Wildman–Crippen LogP) is 3.20. The average Bonchev–Trinajstić information content (AvgIpc) is 2.76. The first-order chi connectivity index (χ1) is 8.66. The van der Waals surface area contributed by atoms with Gasteiger partial charge in [-0.3, -0.25) is 10.1 Å². The Morgan fingerprint density at radius 3 is 2.61 bits per heavy atom. The molecule has 1 aromatic carbocycles. The molecule has 0 amide bonds. The van der Waals surface area contributed by atoms with Gasteiger partial charge in [0, 0.05) is 23.1 Å². The third kappa shape index (κ3) is 3.46. The molecule has 1 saturated carbocycles. The lowest BCUT2D eigenvalue weighted by Gasteiger charge is -2.14. The molecule has 0 spiro atoms. The molecule has 2 atom stereocenters. The monoisotopic (exact) mass is 266 g/mol. The van der Waals surface area contributed by atoms with Crippen molar-refractivity contribution in [1.29, 1.82) is 0 Å². The van der Waals surface area contributed by atoms with E-state index in [9.17, 15) is 10.1 Å². The van der Waals surface area contributed by atoms with Gasteiger partial charge in [0.25, 0.3) is 5.69 Å². The summed E-state index contributed by atoms with van der Waals surface area (Å²) in [5, 5.41) is 10.5. The molecule has 0 radical (unpaired) electrons. The highest BCUT2D eigenvalue weighted by molar-refractivity contribution is 7.99. The molecule has 0 heterocycles. The van der Waals surface area contributed by atoms with Gasteiger partial charge in [-0.2, -0.15) is 0 Å². The van der Waals surface area contributed by atoms with E-state index in [1.807, 2.05) is 12.1 Å². The van der Waals surface area contributed by atoms with Gasteiger partial charge in [0.2, 0.25) is 0 Å². The molecule has 4 nitrogen and oxygen atoms in total. The number of benzene rings is 1. The highest BCUT2D eigenvalue weighted by atomic mass is 32.2. The van der Waals surface area contributed by atoms with Gasteiger partial charge in [-0.25, -0.2) is 0 Å². The Labute approximate surface area is 111 Å². The van der Waals surface area contributed by atoms with Gasteiger partial charge in [-0.15, -0.1) is 11.8 Å². The summed E-state index contributed by atoms with van der Waals surface area (Å²) in [5.41, 5.74) is 6.18. The van der Waals surface area contributed by atoms with Crippen molar-refractivity contribution in [2.45, 2.75) is 36.6 Å². The molecule has 18 heavy (non-hydrogen) atoms. The Balaban J connectivity index is 1.78. The highest BCUT2D eigenvalue weighted by Crippen LogP contribution is 2.30. The van der Waals surface area contributed by atoms with Gasteiger partial charge in [-0.1, -0.05) is 6.42 Å². The SMILES string of the molecule is NC1CCCC1CCSc1ccc([N+](=O)[O-])cc1. The summed E-state index contributed by atoms with van der Waals surface area (Å²) in [7, 11) is 0. The fourth-order valence-corrected chi connectivity index (χ4v) is 3.40. The predicted molar refractivity (Wildman–Crippen MR) is 73.8 cm³/mol. The second kappa shape index (κ2) is 6.20. The Hall–Kier alpha value is -1.07. The van der Waals surface area contributed by atoms with Crippen molar-refractivity contribution in [2.24, 2.45) is 11.7 Å². The van der Waals surface area contributed by atoms with Gasteiger partial charge in [0.1, 0.15) is 0 Å². The van der Waals surface area contributed by atoms with E-state index in [1.165, 1.54) is 12.8 Å². The van der Waals surface area contributed by atoms with Crippen LogP contribution in [0.25, 0.3) is 0 Å². The van der Waals surface area contributed by atoms with Gasteiger partial charge in [0.05, 0.1) is 4.92 Å². The fraction of sp³-hybridized carbons (Fsp3) is 0.538. The normalized spacial score (nSPS) is 23.2. The number of hydrogen-bond acceptors (Lipinski definition) is 4. The van der Waals surface area contributed by atoms with Crippen molar-refractivity contribution in [3.8, 4) is 0 Å². The van der Waals surface area contributed by atoms with E-state index >= 15 is 0 Å². The molecular weight excluding hydrogens is 248 g/mol. The largest absolute Gasteiger partial charge is 0.327 e. The molecule has 98 valence electrons. The first-order valence-electron chi connectivity index (χ1n) is 6.29. The van der Waals surface area contributed by atoms with E-state index in [-0.39, 0.29) is 10.6 Å². The van der Waals surface area contributed by atoms with Crippen LogP contribution >= 0.6 is 11.8 Å². The summed E-state index contributed by atoms with van der Waals surface area (Å²) in [6.45, 7) is 0. The lowest BCUT2D eigenvalue weighted by molar-refractivity contribution is -0.384. The molecule has 1 aliphatic rings. The van der Waals surface area contributed by atoms with Crippen molar-refractivity contribution in [3.63, 3.8) is 0 Å². The Morgan fingerprint density at radius 2 is 2.06 bits per heavy atom. The zero-order chi connectivity index (χ0) is 13.0. The molecule has 1 fully saturated rings. The van der Waals surface area contributed by atoms with E-state index in [1.54, 1.807) is 23.9 Å². The van der Waals surface area contributed by atoms with Crippen molar-refractivity contribution >= 4 is 17.4 Å². The summed E-state index contributed by atoms with van der Waals surface area (Å²) in [5.74, 6) is 1.70. The van der Waals surface area contributed by atoms with Gasteiger partial charge >= 0.3 is 0 Å². The number of nitro benzene ring substituents is 1.